The van der Waals surface area contributed by atoms with E-state index in [0.29, 0.717) is 11.3 Å². The van der Waals surface area contributed by atoms with E-state index in [4.69, 9.17) is 4.74 Å². The van der Waals surface area contributed by atoms with Crippen LogP contribution < -0.4 is 10.1 Å². The molecule has 1 aromatic carbocycles. The van der Waals surface area contributed by atoms with Gasteiger partial charge in [0.2, 0.25) is 0 Å². The summed E-state index contributed by atoms with van der Waals surface area (Å²) in [6, 6.07) is 5.34. The van der Waals surface area contributed by atoms with Crippen molar-refractivity contribution in [3.8, 4) is 5.75 Å². The predicted molar refractivity (Wildman–Crippen MR) is 72.4 cm³/mol. The molecular formula is C13H20FNOS. The van der Waals surface area contributed by atoms with Gasteiger partial charge in [0, 0.05) is 17.4 Å². The molecule has 4 heteroatoms. The highest BCUT2D eigenvalue weighted by molar-refractivity contribution is 7.99. The summed E-state index contributed by atoms with van der Waals surface area (Å²) in [5, 5.41) is 3.31. The summed E-state index contributed by atoms with van der Waals surface area (Å²) in [5.74, 6) is 1.96. The SMILES string of the molecule is CCNC(CSCC)c1cccc(OC)c1F. The van der Waals surface area contributed by atoms with Crippen molar-refractivity contribution in [3.63, 3.8) is 0 Å². The number of hydrogen-bond acceptors (Lipinski definition) is 3. The lowest BCUT2D eigenvalue weighted by Gasteiger charge is -2.19. The number of benzene rings is 1. The van der Waals surface area contributed by atoms with Gasteiger partial charge in [-0.15, -0.1) is 0 Å². The van der Waals surface area contributed by atoms with Crippen LogP contribution in [0.5, 0.6) is 5.75 Å². The maximum Gasteiger partial charge on any atom is 0.169 e. The number of hydrogen-bond donors (Lipinski definition) is 1. The van der Waals surface area contributed by atoms with Crippen LogP contribution in [0.25, 0.3) is 0 Å². The van der Waals surface area contributed by atoms with E-state index in [2.05, 4.69) is 12.2 Å². The minimum atomic E-state index is -0.252. The van der Waals surface area contributed by atoms with Gasteiger partial charge in [-0.25, -0.2) is 4.39 Å². The molecule has 0 aliphatic heterocycles. The van der Waals surface area contributed by atoms with Crippen molar-refractivity contribution in [2.75, 3.05) is 25.2 Å². The van der Waals surface area contributed by atoms with Gasteiger partial charge < -0.3 is 10.1 Å². The molecule has 1 rings (SSSR count). The van der Waals surface area contributed by atoms with E-state index in [9.17, 15) is 4.39 Å². The number of halogens is 1. The van der Waals surface area contributed by atoms with Crippen LogP contribution in [-0.4, -0.2) is 25.2 Å². The maximum absolute atomic E-state index is 14.1. The minimum absolute atomic E-state index is 0.0417. The van der Waals surface area contributed by atoms with Crippen LogP contribution in [0.4, 0.5) is 4.39 Å². The molecule has 0 spiro atoms. The van der Waals surface area contributed by atoms with Gasteiger partial charge in [-0.1, -0.05) is 26.0 Å². The third-order valence-corrected chi connectivity index (χ3v) is 3.50. The summed E-state index contributed by atoms with van der Waals surface area (Å²) in [7, 11) is 1.49. The first-order valence-electron chi connectivity index (χ1n) is 5.88. The molecule has 1 aromatic rings. The van der Waals surface area contributed by atoms with Gasteiger partial charge in [-0.3, -0.25) is 0 Å². The Hall–Kier alpha value is -0.740. The van der Waals surface area contributed by atoms with E-state index in [1.165, 1.54) is 7.11 Å². The largest absolute Gasteiger partial charge is 0.494 e. The summed E-state index contributed by atoms with van der Waals surface area (Å²) >= 11 is 1.80. The van der Waals surface area contributed by atoms with E-state index < -0.39 is 0 Å². The Balaban J connectivity index is 2.92. The number of thioether (sulfide) groups is 1. The number of methoxy groups -OCH3 is 1. The van der Waals surface area contributed by atoms with Gasteiger partial charge in [0.05, 0.1) is 7.11 Å². The Morgan fingerprint density at radius 1 is 1.41 bits per heavy atom. The summed E-state index contributed by atoms with van der Waals surface area (Å²) < 4.78 is 19.1. The zero-order chi connectivity index (χ0) is 12.7. The fourth-order valence-corrected chi connectivity index (χ4v) is 2.46. The lowest BCUT2D eigenvalue weighted by molar-refractivity contribution is 0.381. The minimum Gasteiger partial charge on any atom is -0.494 e. The van der Waals surface area contributed by atoms with E-state index in [0.717, 1.165) is 18.1 Å². The molecule has 2 nitrogen and oxygen atoms in total. The molecule has 1 N–H and O–H groups in total. The highest BCUT2D eigenvalue weighted by atomic mass is 32.2. The third-order valence-electron chi connectivity index (χ3n) is 2.53. The first kappa shape index (κ1) is 14.3. The molecule has 0 bridgehead atoms. The molecule has 0 fully saturated rings. The molecule has 0 saturated carbocycles. The van der Waals surface area contributed by atoms with Gasteiger partial charge >= 0.3 is 0 Å². The van der Waals surface area contributed by atoms with E-state index >= 15 is 0 Å². The van der Waals surface area contributed by atoms with Crippen molar-refractivity contribution in [1.82, 2.24) is 5.32 Å². The Morgan fingerprint density at radius 2 is 2.18 bits per heavy atom. The normalized spacial score (nSPS) is 12.5. The summed E-state index contributed by atoms with van der Waals surface area (Å²) in [6.45, 7) is 4.96. The Labute approximate surface area is 107 Å². The lowest BCUT2D eigenvalue weighted by atomic mass is 10.1. The van der Waals surface area contributed by atoms with Gasteiger partial charge in [-0.05, 0) is 18.4 Å². The fourth-order valence-electron chi connectivity index (χ4n) is 1.70. The maximum atomic E-state index is 14.1. The highest BCUT2D eigenvalue weighted by Gasteiger charge is 2.17. The van der Waals surface area contributed by atoms with Crippen LogP contribution in [0.2, 0.25) is 0 Å². The molecule has 17 heavy (non-hydrogen) atoms. The van der Waals surface area contributed by atoms with Crippen LogP contribution >= 0.6 is 11.8 Å². The standard InChI is InChI=1S/C13H20FNOS/c1-4-15-11(9-17-5-2)10-7-6-8-12(16-3)13(10)14/h6-8,11,15H,4-5,9H2,1-3H3. The number of nitrogens with one attached hydrogen (secondary N) is 1. The summed E-state index contributed by atoms with van der Waals surface area (Å²) in [5.41, 5.74) is 0.687. The van der Waals surface area contributed by atoms with Gasteiger partial charge in [-0.2, -0.15) is 11.8 Å². The summed E-state index contributed by atoms with van der Waals surface area (Å²) in [4.78, 5) is 0. The molecule has 96 valence electrons. The number of rotatable bonds is 7. The molecular weight excluding hydrogens is 237 g/mol. The van der Waals surface area contributed by atoms with Crippen molar-refractivity contribution in [1.29, 1.82) is 0 Å². The second kappa shape index (κ2) is 7.56. The van der Waals surface area contributed by atoms with Gasteiger partial charge in [0.15, 0.2) is 11.6 Å². The first-order chi connectivity index (χ1) is 8.24. The average Bonchev–Trinajstić information content (AvgIpc) is 2.35. The molecule has 1 atom stereocenters. The van der Waals surface area contributed by atoms with Crippen molar-refractivity contribution in [2.45, 2.75) is 19.9 Å². The van der Waals surface area contributed by atoms with E-state index in [1.54, 1.807) is 17.8 Å². The second-order valence-electron chi connectivity index (χ2n) is 3.63. The predicted octanol–water partition coefficient (Wildman–Crippen LogP) is 3.24. The molecule has 0 aliphatic rings. The Bertz CT molecular complexity index is 346. The molecule has 0 saturated heterocycles. The van der Waals surface area contributed by atoms with Crippen molar-refractivity contribution >= 4 is 11.8 Å². The molecule has 0 heterocycles. The van der Waals surface area contributed by atoms with E-state index in [-0.39, 0.29) is 11.9 Å². The monoisotopic (exact) mass is 257 g/mol. The van der Waals surface area contributed by atoms with Crippen LogP contribution in [0.1, 0.15) is 25.5 Å². The molecule has 1 unspecified atom stereocenters. The van der Waals surface area contributed by atoms with E-state index in [1.807, 2.05) is 19.1 Å². The Morgan fingerprint density at radius 3 is 2.76 bits per heavy atom. The molecule has 0 aliphatic carbocycles. The molecule has 0 aromatic heterocycles. The topological polar surface area (TPSA) is 21.3 Å². The van der Waals surface area contributed by atoms with Crippen LogP contribution in [-0.2, 0) is 0 Å². The number of ether oxygens (including phenoxy) is 1. The lowest BCUT2D eigenvalue weighted by Crippen LogP contribution is -2.24. The Kier molecular flexibility index (Phi) is 6.37. The highest BCUT2D eigenvalue weighted by Crippen LogP contribution is 2.27. The zero-order valence-electron chi connectivity index (χ0n) is 10.6. The molecule has 0 amide bonds. The van der Waals surface area contributed by atoms with Gasteiger partial charge in [0.25, 0.3) is 0 Å². The smallest absolute Gasteiger partial charge is 0.169 e. The van der Waals surface area contributed by atoms with Crippen molar-refractivity contribution in [3.05, 3.63) is 29.6 Å². The zero-order valence-corrected chi connectivity index (χ0v) is 11.4. The second-order valence-corrected chi connectivity index (χ2v) is 4.95. The van der Waals surface area contributed by atoms with Crippen LogP contribution in [0.3, 0.4) is 0 Å². The van der Waals surface area contributed by atoms with Crippen LogP contribution in [0.15, 0.2) is 18.2 Å². The van der Waals surface area contributed by atoms with Crippen LogP contribution in [0, 0.1) is 5.82 Å². The quantitative estimate of drug-likeness (QED) is 0.810. The van der Waals surface area contributed by atoms with Crippen molar-refractivity contribution < 1.29 is 9.13 Å². The molecule has 0 radical (unpaired) electrons. The average molecular weight is 257 g/mol. The van der Waals surface area contributed by atoms with Gasteiger partial charge in [0.1, 0.15) is 0 Å². The third kappa shape index (κ3) is 3.89. The first-order valence-corrected chi connectivity index (χ1v) is 7.03. The summed E-state index contributed by atoms with van der Waals surface area (Å²) in [6.07, 6.45) is 0. The van der Waals surface area contributed by atoms with Crippen molar-refractivity contribution in [2.24, 2.45) is 0 Å². The fraction of sp³-hybridized carbons (Fsp3) is 0.538.